The Morgan fingerprint density at radius 2 is 1.70 bits per heavy atom. The maximum absolute atomic E-state index is 12.1. The number of anilines is 1. The van der Waals surface area contributed by atoms with E-state index in [-0.39, 0.29) is 15.7 Å². The second-order valence-corrected chi connectivity index (χ2v) is 8.92. The van der Waals surface area contributed by atoms with Crippen LogP contribution in [0.15, 0.2) is 41.5 Å². The molecule has 0 aromatic heterocycles. The van der Waals surface area contributed by atoms with Crippen molar-refractivity contribution in [3.05, 3.63) is 62.1 Å². The van der Waals surface area contributed by atoms with Gasteiger partial charge in [-0.25, -0.2) is 13.8 Å². The number of halogens is 4. The summed E-state index contributed by atoms with van der Waals surface area (Å²) in [6.07, 6.45) is 2.27. The number of rotatable bonds is 6. The number of carbonyl (C=O) groups is 1. The lowest BCUT2D eigenvalue weighted by Gasteiger charge is -2.22. The number of nitrogens with zero attached hydrogens (tertiary/aromatic N) is 2. The minimum atomic E-state index is -3.80. The van der Waals surface area contributed by atoms with Crippen molar-refractivity contribution in [3.8, 4) is 0 Å². The lowest BCUT2D eigenvalue weighted by atomic mass is 10.2. The van der Waals surface area contributed by atoms with Gasteiger partial charge in [0.05, 0.1) is 28.2 Å². The van der Waals surface area contributed by atoms with Gasteiger partial charge in [0.15, 0.2) is 0 Å². The van der Waals surface area contributed by atoms with Crippen LogP contribution in [0.3, 0.4) is 0 Å². The molecule has 144 valence electrons. The maximum Gasteiger partial charge on any atom is 0.260 e. The average Bonchev–Trinajstić information content (AvgIpc) is 2.56. The van der Waals surface area contributed by atoms with Gasteiger partial charge in [-0.05, 0) is 30.3 Å². The zero-order valence-corrected chi connectivity index (χ0v) is 17.6. The Balaban J connectivity index is 2.15. The van der Waals surface area contributed by atoms with E-state index in [1.54, 1.807) is 12.1 Å². The molecule has 11 heteroatoms. The molecule has 2 rings (SSSR count). The third-order valence-corrected chi connectivity index (χ3v) is 5.46. The Kier molecular flexibility index (Phi) is 7.36. The molecule has 2 aromatic carbocycles. The molecule has 0 radical (unpaired) electrons. The van der Waals surface area contributed by atoms with Gasteiger partial charge in [-0.2, -0.15) is 5.10 Å². The minimum Gasteiger partial charge on any atom is -0.271 e. The van der Waals surface area contributed by atoms with Crippen molar-refractivity contribution in [2.24, 2.45) is 5.10 Å². The van der Waals surface area contributed by atoms with Gasteiger partial charge >= 0.3 is 0 Å². The average molecular weight is 469 g/mol. The molecule has 0 unspecified atom stereocenters. The normalized spacial score (nSPS) is 11.6. The summed E-state index contributed by atoms with van der Waals surface area (Å²) in [4.78, 5) is 12.1. The van der Waals surface area contributed by atoms with E-state index in [4.69, 9.17) is 46.4 Å². The van der Waals surface area contributed by atoms with E-state index in [2.05, 4.69) is 10.5 Å². The van der Waals surface area contributed by atoms with Gasteiger partial charge in [-0.1, -0.05) is 52.5 Å². The van der Waals surface area contributed by atoms with Crippen LogP contribution < -0.4 is 9.73 Å². The second-order valence-electron chi connectivity index (χ2n) is 5.32. The first-order valence-electron chi connectivity index (χ1n) is 7.27. The predicted molar refractivity (Wildman–Crippen MR) is 111 cm³/mol. The molecule has 0 atom stereocenters. The van der Waals surface area contributed by atoms with Crippen molar-refractivity contribution >= 4 is 74.2 Å². The summed E-state index contributed by atoms with van der Waals surface area (Å²) in [7, 11) is -3.80. The monoisotopic (exact) mass is 467 g/mol. The largest absolute Gasteiger partial charge is 0.271 e. The smallest absolute Gasteiger partial charge is 0.260 e. The summed E-state index contributed by atoms with van der Waals surface area (Å²) < 4.78 is 25.0. The molecule has 0 fully saturated rings. The second kappa shape index (κ2) is 9.12. The Morgan fingerprint density at radius 1 is 1.07 bits per heavy atom. The molecule has 1 amide bonds. The van der Waals surface area contributed by atoms with Gasteiger partial charge in [0, 0.05) is 15.6 Å². The molecule has 0 saturated heterocycles. The van der Waals surface area contributed by atoms with Crippen LogP contribution in [-0.4, -0.2) is 33.3 Å². The number of nitrogens with one attached hydrogen (secondary N) is 1. The Bertz CT molecular complexity index is 996. The first kappa shape index (κ1) is 21.8. The number of hydrogen-bond donors (Lipinski definition) is 1. The molecule has 0 spiro atoms. The van der Waals surface area contributed by atoms with Gasteiger partial charge in [0.2, 0.25) is 10.0 Å². The highest BCUT2D eigenvalue weighted by atomic mass is 35.5. The van der Waals surface area contributed by atoms with E-state index in [1.165, 1.54) is 30.5 Å². The predicted octanol–water partition coefficient (Wildman–Crippen LogP) is 4.22. The summed E-state index contributed by atoms with van der Waals surface area (Å²) in [6.45, 7) is -0.537. The molecule has 1 N–H and O–H groups in total. The van der Waals surface area contributed by atoms with Crippen molar-refractivity contribution in [3.63, 3.8) is 0 Å². The van der Waals surface area contributed by atoms with Crippen LogP contribution in [-0.2, 0) is 14.8 Å². The van der Waals surface area contributed by atoms with Crippen molar-refractivity contribution < 1.29 is 13.2 Å². The third kappa shape index (κ3) is 6.26. The van der Waals surface area contributed by atoms with Crippen LogP contribution in [0.1, 0.15) is 5.56 Å². The highest BCUT2D eigenvalue weighted by Crippen LogP contribution is 2.30. The molecule has 0 aliphatic carbocycles. The zero-order chi connectivity index (χ0) is 20.2. The van der Waals surface area contributed by atoms with Crippen LogP contribution in [0.2, 0.25) is 20.1 Å². The van der Waals surface area contributed by atoms with Gasteiger partial charge in [-0.3, -0.25) is 9.10 Å². The number of amides is 1. The summed E-state index contributed by atoms with van der Waals surface area (Å²) >= 11 is 23.7. The summed E-state index contributed by atoms with van der Waals surface area (Å²) in [5.41, 5.74) is 2.85. The highest BCUT2D eigenvalue weighted by molar-refractivity contribution is 7.92. The lowest BCUT2D eigenvalue weighted by molar-refractivity contribution is -0.119. The van der Waals surface area contributed by atoms with Gasteiger partial charge in [0.25, 0.3) is 5.91 Å². The van der Waals surface area contributed by atoms with Crippen LogP contribution in [0, 0.1) is 0 Å². The topological polar surface area (TPSA) is 78.8 Å². The fraction of sp³-hybridized carbons (Fsp3) is 0.125. The number of hydrazone groups is 1. The standard InChI is InChI=1S/C16H13Cl4N3O3S/c1-27(25,26)23(15-7-12(18)4-5-13(15)19)9-16(24)22-21-8-10-2-3-11(17)6-14(10)20/h2-8H,9H2,1H3,(H,22,24)/b21-8-. The molecule has 0 saturated carbocycles. The molecule has 6 nitrogen and oxygen atoms in total. The van der Waals surface area contributed by atoms with Crippen molar-refractivity contribution in [2.75, 3.05) is 17.1 Å². The Hall–Kier alpha value is -1.51. The summed E-state index contributed by atoms with van der Waals surface area (Å²) in [6, 6.07) is 9.07. The van der Waals surface area contributed by atoms with E-state index in [9.17, 15) is 13.2 Å². The van der Waals surface area contributed by atoms with Crippen LogP contribution in [0.25, 0.3) is 0 Å². The van der Waals surface area contributed by atoms with E-state index in [0.717, 1.165) is 10.6 Å². The quantitative estimate of drug-likeness (QED) is 0.509. The minimum absolute atomic E-state index is 0.0894. The third-order valence-electron chi connectivity index (χ3n) is 3.22. The lowest BCUT2D eigenvalue weighted by Crippen LogP contribution is -2.39. The van der Waals surface area contributed by atoms with Crippen molar-refractivity contribution in [1.82, 2.24) is 5.43 Å². The first-order valence-corrected chi connectivity index (χ1v) is 10.6. The molecule has 27 heavy (non-hydrogen) atoms. The molecular weight excluding hydrogens is 456 g/mol. The Morgan fingerprint density at radius 3 is 2.33 bits per heavy atom. The fourth-order valence-electron chi connectivity index (χ4n) is 2.00. The van der Waals surface area contributed by atoms with Gasteiger partial charge in [-0.15, -0.1) is 0 Å². The number of hydrogen-bond acceptors (Lipinski definition) is 4. The molecule has 0 heterocycles. The highest BCUT2D eigenvalue weighted by Gasteiger charge is 2.23. The summed E-state index contributed by atoms with van der Waals surface area (Å²) in [5.74, 6) is -0.683. The van der Waals surface area contributed by atoms with Crippen LogP contribution in [0.5, 0.6) is 0 Å². The van der Waals surface area contributed by atoms with E-state index in [0.29, 0.717) is 15.6 Å². The molecule has 0 aliphatic heterocycles. The number of sulfonamides is 1. The summed E-state index contributed by atoms with van der Waals surface area (Å²) in [5, 5.41) is 4.99. The number of carbonyl (C=O) groups excluding carboxylic acids is 1. The van der Waals surface area contributed by atoms with E-state index >= 15 is 0 Å². The SMILES string of the molecule is CS(=O)(=O)N(CC(=O)N/N=C\c1ccc(Cl)cc1Cl)c1cc(Cl)ccc1Cl. The first-order chi connectivity index (χ1) is 12.6. The molecule has 2 aromatic rings. The molecular formula is C16H13Cl4N3O3S. The Labute approximate surface area is 176 Å². The zero-order valence-electron chi connectivity index (χ0n) is 13.8. The molecule has 0 bridgehead atoms. The maximum atomic E-state index is 12.1. The van der Waals surface area contributed by atoms with Crippen molar-refractivity contribution in [1.29, 1.82) is 0 Å². The van der Waals surface area contributed by atoms with E-state index in [1.807, 2.05) is 0 Å². The van der Waals surface area contributed by atoms with Gasteiger partial charge in [0.1, 0.15) is 6.54 Å². The van der Waals surface area contributed by atoms with Crippen LogP contribution >= 0.6 is 46.4 Å². The fourth-order valence-corrected chi connectivity index (χ4v) is 3.76. The van der Waals surface area contributed by atoms with E-state index < -0.39 is 22.5 Å². The van der Waals surface area contributed by atoms with Crippen molar-refractivity contribution in [2.45, 2.75) is 0 Å². The number of benzene rings is 2. The molecule has 0 aliphatic rings. The van der Waals surface area contributed by atoms with Crippen LogP contribution in [0.4, 0.5) is 5.69 Å². The van der Waals surface area contributed by atoms with Gasteiger partial charge < -0.3 is 0 Å².